The predicted octanol–water partition coefficient (Wildman–Crippen LogP) is 3.75. The first-order valence-electron chi connectivity index (χ1n) is 8.40. The Balaban J connectivity index is 1.48. The fourth-order valence-electron chi connectivity index (χ4n) is 2.76. The van der Waals surface area contributed by atoms with E-state index in [0.29, 0.717) is 23.7 Å². The van der Waals surface area contributed by atoms with Crippen molar-refractivity contribution < 1.29 is 9.59 Å². The summed E-state index contributed by atoms with van der Waals surface area (Å²) in [6.45, 7) is 2.32. The average molecular weight is 370 g/mol. The topological polar surface area (TPSA) is 63.1 Å². The number of benzene rings is 2. The molecule has 0 radical (unpaired) electrons. The molecule has 3 rings (SSSR count). The van der Waals surface area contributed by atoms with Gasteiger partial charge in [-0.05, 0) is 42.1 Å². The summed E-state index contributed by atoms with van der Waals surface area (Å²) in [5.41, 5.74) is 2.54. The number of rotatable bonds is 6. The maximum atomic E-state index is 12.0. The number of halogens is 1. The Labute approximate surface area is 157 Å². The number of fused-ring (bicyclic) bond motifs is 1. The van der Waals surface area contributed by atoms with Crippen LogP contribution in [0.15, 0.2) is 54.7 Å². The van der Waals surface area contributed by atoms with Crippen molar-refractivity contribution in [2.75, 3.05) is 11.9 Å². The molecule has 2 N–H and O–H groups in total. The molecule has 0 unspecified atom stereocenters. The molecule has 0 spiro atoms. The molecule has 0 atom stereocenters. The summed E-state index contributed by atoms with van der Waals surface area (Å²) in [5, 5.41) is 7.14. The van der Waals surface area contributed by atoms with Gasteiger partial charge < -0.3 is 15.2 Å². The summed E-state index contributed by atoms with van der Waals surface area (Å²) in [5.74, 6) is -0.448. The van der Waals surface area contributed by atoms with Crippen molar-refractivity contribution in [3.05, 3.63) is 65.3 Å². The molecule has 0 aliphatic heterocycles. The van der Waals surface area contributed by atoms with Crippen molar-refractivity contribution in [1.82, 2.24) is 9.88 Å². The molecule has 6 heteroatoms. The van der Waals surface area contributed by atoms with E-state index in [4.69, 9.17) is 11.6 Å². The molecule has 0 saturated carbocycles. The first-order valence-corrected chi connectivity index (χ1v) is 8.78. The standard InChI is InChI=1S/C20H20ClN3O2/c1-14-16(21)6-4-7-17(14)23-20(26)13-22-19(25)10-12-24-11-9-15-5-2-3-8-18(15)24/h2-9,11H,10,12-13H2,1H3,(H,22,25)(H,23,26). The monoisotopic (exact) mass is 369 g/mol. The van der Waals surface area contributed by atoms with E-state index in [1.807, 2.05) is 48.0 Å². The predicted molar refractivity (Wildman–Crippen MR) is 104 cm³/mol. The van der Waals surface area contributed by atoms with E-state index in [-0.39, 0.29) is 18.4 Å². The molecule has 5 nitrogen and oxygen atoms in total. The van der Waals surface area contributed by atoms with E-state index in [9.17, 15) is 9.59 Å². The van der Waals surface area contributed by atoms with Crippen molar-refractivity contribution in [2.24, 2.45) is 0 Å². The zero-order valence-electron chi connectivity index (χ0n) is 14.5. The van der Waals surface area contributed by atoms with E-state index in [2.05, 4.69) is 10.6 Å². The second-order valence-corrected chi connectivity index (χ2v) is 6.46. The molecular weight excluding hydrogens is 350 g/mol. The third-order valence-corrected chi connectivity index (χ3v) is 4.66. The molecule has 0 bridgehead atoms. The number of carbonyl (C=O) groups is 2. The number of carbonyl (C=O) groups excluding carboxylic acids is 2. The van der Waals surface area contributed by atoms with E-state index in [1.54, 1.807) is 18.2 Å². The summed E-state index contributed by atoms with van der Waals surface area (Å²) in [6.07, 6.45) is 2.27. The molecule has 1 heterocycles. The molecule has 2 aromatic carbocycles. The maximum absolute atomic E-state index is 12.0. The van der Waals surface area contributed by atoms with E-state index >= 15 is 0 Å². The van der Waals surface area contributed by atoms with Gasteiger partial charge in [0.1, 0.15) is 0 Å². The van der Waals surface area contributed by atoms with Gasteiger partial charge in [0.05, 0.1) is 6.54 Å². The van der Waals surface area contributed by atoms with Crippen LogP contribution in [0.25, 0.3) is 10.9 Å². The molecule has 0 saturated heterocycles. The molecule has 0 aliphatic carbocycles. The van der Waals surface area contributed by atoms with Crippen molar-refractivity contribution in [3.63, 3.8) is 0 Å². The van der Waals surface area contributed by atoms with Gasteiger partial charge in [-0.2, -0.15) is 0 Å². The Morgan fingerprint density at radius 2 is 1.85 bits per heavy atom. The van der Waals surface area contributed by atoms with Crippen LogP contribution in [0.1, 0.15) is 12.0 Å². The number of hydrogen-bond acceptors (Lipinski definition) is 2. The van der Waals surface area contributed by atoms with Gasteiger partial charge in [0.2, 0.25) is 11.8 Å². The van der Waals surface area contributed by atoms with Crippen LogP contribution in [0.2, 0.25) is 5.02 Å². The van der Waals surface area contributed by atoms with Crippen LogP contribution in [0.5, 0.6) is 0 Å². The summed E-state index contributed by atoms with van der Waals surface area (Å²) < 4.78 is 2.03. The second-order valence-electron chi connectivity index (χ2n) is 6.06. The fourth-order valence-corrected chi connectivity index (χ4v) is 2.94. The largest absolute Gasteiger partial charge is 0.347 e. The van der Waals surface area contributed by atoms with Crippen molar-refractivity contribution in [3.8, 4) is 0 Å². The highest BCUT2D eigenvalue weighted by Gasteiger charge is 2.09. The lowest BCUT2D eigenvalue weighted by molar-refractivity contribution is -0.124. The van der Waals surface area contributed by atoms with Gasteiger partial charge in [-0.15, -0.1) is 0 Å². The minimum atomic E-state index is -0.282. The Morgan fingerprint density at radius 1 is 1.04 bits per heavy atom. The number of amides is 2. The van der Waals surface area contributed by atoms with Gasteiger partial charge in [0, 0.05) is 35.4 Å². The van der Waals surface area contributed by atoms with Gasteiger partial charge in [-0.1, -0.05) is 35.9 Å². The van der Waals surface area contributed by atoms with E-state index in [1.165, 1.54) is 0 Å². The van der Waals surface area contributed by atoms with Crippen molar-refractivity contribution in [1.29, 1.82) is 0 Å². The highest BCUT2D eigenvalue weighted by Crippen LogP contribution is 2.22. The lowest BCUT2D eigenvalue weighted by Gasteiger charge is -2.10. The molecule has 0 fully saturated rings. The third-order valence-electron chi connectivity index (χ3n) is 4.25. The lowest BCUT2D eigenvalue weighted by atomic mass is 10.2. The Hall–Kier alpha value is -2.79. The quantitative estimate of drug-likeness (QED) is 0.695. The maximum Gasteiger partial charge on any atom is 0.243 e. The fraction of sp³-hybridized carbons (Fsp3) is 0.200. The summed E-state index contributed by atoms with van der Waals surface area (Å²) in [7, 11) is 0. The minimum Gasteiger partial charge on any atom is -0.347 e. The lowest BCUT2D eigenvalue weighted by Crippen LogP contribution is -2.33. The number of aromatic nitrogens is 1. The third kappa shape index (κ3) is 4.24. The van der Waals surface area contributed by atoms with Crippen LogP contribution >= 0.6 is 11.6 Å². The van der Waals surface area contributed by atoms with Crippen LogP contribution in [0.4, 0.5) is 5.69 Å². The first-order chi connectivity index (χ1) is 12.5. The minimum absolute atomic E-state index is 0.0722. The Bertz CT molecular complexity index is 949. The van der Waals surface area contributed by atoms with Crippen LogP contribution < -0.4 is 10.6 Å². The molecule has 0 aliphatic rings. The Kier molecular flexibility index (Phi) is 5.58. The first kappa shape index (κ1) is 18.0. The second kappa shape index (κ2) is 8.06. The molecule has 2 amide bonds. The number of nitrogens with one attached hydrogen (secondary N) is 2. The highest BCUT2D eigenvalue weighted by atomic mass is 35.5. The van der Waals surface area contributed by atoms with Gasteiger partial charge in [-0.3, -0.25) is 9.59 Å². The number of nitrogens with zero attached hydrogens (tertiary/aromatic N) is 1. The normalized spacial score (nSPS) is 10.7. The van der Waals surface area contributed by atoms with Crippen LogP contribution in [-0.4, -0.2) is 22.9 Å². The number of aryl methyl sites for hydroxylation is 1. The van der Waals surface area contributed by atoms with Crippen LogP contribution in [-0.2, 0) is 16.1 Å². The zero-order valence-corrected chi connectivity index (χ0v) is 15.2. The smallest absolute Gasteiger partial charge is 0.243 e. The number of anilines is 1. The summed E-state index contributed by atoms with van der Waals surface area (Å²) in [6, 6.07) is 15.3. The molecule has 26 heavy (non-hydrogen) atoms. The highest BCUT2D eigenvalue weighted by molar-refractivity contribution is 6.31. The van der Waals surface area contributed by atoms with Gasteiger partial charge in [-0.25, -0.2) is 0 Å². The number of para-hydroxylation sites is 1. The summed E-state index contributed by atoms with van der Waals surface area (Å²) >= 11 is 6.03. The SMILES string of the molecule is Cc1c(Cl)cccc1NC(=O)CNC(=O)CCn1ccc2ccccc21. The van der Waals surface area contributed by atoms with E-state index in [0.717, 1.165) is 16.5 Å². The molecule has 134 valence electrons. The van der Waals surface area contributed by atoms with E-state index < -0.39 is 0 Å². The van der Waals surface area contributed by atoms with Gasteiger partial charge >= 0.3 is 0 Å². The molecule has 3 aromatic rings. The van der Waals surface area contributed by atoms with Crippen molar-refractivity contribution >= 4 is 40.0 Å². The number of hydrogen-bond donors (Lipinski definition) is 2. The average Bonchev–Trinajstić information content (AvgIpc) is 3.05. The molecular formula is C20H20ClN3O2. The van der Waals surface area contributed by atoms with Crippen LogP contribution in [0.3, 0.4) is 0 Å². The zero-order chi connectivity index (χ0) is 18.5. The Morgan fingerprint density at radius 3 is 2.69 bits per heavy atom. The van der Waals surface area contributed by atoms with Crippen LogP contribution in [0, 0.1) is 6.92 Å². The van der Waals surface area contributed by atoms with Gasteiger partial charge in [0.25, 0.3) is 0 Å². The van der Waals surface area contributed by atoms with Gasteiger partial charge in [0.15, 0.2) is 0 Å². The molecule has 1 aromatic heterocycles. The summed E-state index contributed by atoms with van der Waals surface area (Å²) in [4.78, 5) is 24.0. The van der Waals surface area contributed by atoms with Crippen molar-refractivity contribution in [2.45, 2.75) is 19.9 Å².